The summed E-state index contributed by atoms with van der Waals surface area (Å²) in [4.78, 5) is 0. The number of rotatable bonds is 5. The van der Waals surface area contributed by atoms with Crippen LogP contribution >= 0.6 is 11.6 Å². The number of benzene rings is 1. The number of hydrogen-bond acceptors (Lipinski definition) is 2. The van der Waals surface area contributed by atoms with Crippen molar-refractivity contribution in [3.05, 3.63) is 46.2 Å². The Balaban J connectivity index is 2.02. The molecule has 1 heterocycles. The molecule has 0 unspecified atom stereocenters. The molecule has 2 aromatic rings. The molecular formula is C15H19ClN2O. The van der Waals surface area contributed by atoms with E-state index in [4.69, 9.17) is 16.3 Å². The molecule has 0 saturated carbocycles. The van der Waals surface area contributed by atoms with Crippen LogP contribution in [0.4, 0.5) is 0 Å². The van der Waals surface area contributed by atoms with Crippen molar-refractivity contribution in [2.75, 3.05) is 0 Å². The highest BCUT2D eigenvalue weighted by molar-refractivity contribution is 6.30. The molecule has 0 aliphatic rings. The van der Waals surface area contributed by atoms with E-state index < -0.39 is 0 Å². The lowest BCUT2D eigenvalue weighted by molar-refractivity contribution is 0.305. The van der Waals surface area contributed by atoms with Crippen LogP contribution in [-0.4, -0.2) is 9.78 Å². The normalized spacial score (nSPS) is 10.7. The van der Waals surface area contributed by atoms with Crippen molar-refractivity contribution in [1.29, 1.82) is 0 Å². The second-order valence-corrected chi connectivity index (χ2v) is 5.02. The van der Waals surface area contributed by atoms with Crippen LogP contribution in [0.3, 0.4) is 0 Å². The van der Waals surface area contributed by atoms with Crippen molar-refractivity contribution < 1.29 is 4.74 Å². The first kappa shape index (κ1) is 13.9. The smallest absolute Gasteiger partial charge is 0.133 e. The fourth-order valence-electron chi connectivity index (χ4n) is 2.03. The highest BCUT2D eigenvalue weighted by Gasteiger charge is 2.11. The molecule has 0 fully saturated rings. The van der Waals surface area contributed by atoms with Gasteiger partial charge in [0.1, 0.15) is 17.5 Å². The van der Waals surface area contributed by atoms with E-state index in [1.54, 1.807) is 4.68 Å². The third kappa shape index (κ3) is 3.29. The monoisotopic (exact) mass is 278 g/mol. The lowest BCUT2D eigenvalue weighted by Gasteiger charge is -2.07. The van der Waals surface area contributed by atoms with E-state index >= 15 is 0 Å². The average Bonchev–Trinajstić information content (AvgIpc) is 2.64. The molecule has 0 amide bonds. The minimum absolute atomic E-state index is 0.450. The first-order chi connectivity index (χ1) is 9.11. The maximum Gasteiger partial charge on any atom is 0.133 e. The van der Waals surface area contributed by atoms with E-state index in [1.165, 1.54) is 5.56 Å². The number of halogens is 1. The molecular weight excluding hydrogens is 260 g/mol. The molecule has 0 aliphatic heterocycles. The summed E-state index contributed by atoms with van der Waals surface area (Å²) in [6, 6.07) is 8.22. The van der Waals surface area contributed by atoms with Crippen molar-refractivity contribution in [3.8, 4) is 5.75 Å². The Morgan fingerprint density at radius 2 is 1.95 bits per heavy atom. The van der Waals surface area contributed by atoms with Gasteiger partial charge in [0.05, 0.1) is 5.69 Å². The average molecular weight is 279 g/mol. The minimum Gasteiger partial charge on any atom is -0.489 e. The molecule has 0 spiro atoms. The zero-order valence-electron chi connectivity index (χ0n) is 11.6. The van der Waals surface area contributed by atoms with E-state index in [1.807, 2.05) is 26.1 Å². The lowest BCUT2D eigenvalue weighted by atomic mass is 10.1. The zero-order valence-corrected chi connectivity index (χ0v) is 12.4. The molecule has 0 bridgehead atoms. The van der Waals surface area contributed by atoms with Crippen molar-refractivity contribution in [3.63, 3.8) is 0 Å². The third-order valence-corrected chi connectivity index (χ3v) is 3.59. The standard InChI is InChI=1S/C15H19ClN2O/c1-4-5-12-6-8-13(9-7-12)19-10-14-11(2)17-18(3)15(14)16/h6-9H,4-5,10H2,1-3H3. The van der Waals surface area contributed by atoms with E-state index in [-0.39, 0.29) is 0 Å². The molecule has 19 heavy (non-hydrogen) atoms. The quantitative estimate of drug-likeness (QED) is 0.829. The van der Waals surface area contributed by atoms with Gasteiger partial charge in [-0.25, -0.2) is 0 Å². The van der Waals surface area contributed by atoms with Crippen LogP contribution in [0.25, 0.3) is 0 Å². The van der Waals surface area contributed by atoms with Gasteiger partial charge in [-0.15, -0.1) is 0 Å². The molecule has 0 N–H and O–H groups in total. The number of hydrogen-bond donors (Lipinski definition) is 0. The Kier molecular flexibility index (Phi) is 4.48. The Morgan fingerprint density at radius 1 is 1.26 bits per heavy atom. The second-order valence-electron chi connectivity index (χ2n) is 4.66. The molecule has 0 radical (unpaired) electrons. The van der Waals surface area contributed by atoms with Gasteiger partial charge in [0.15, 0.2) is 0 Å². The fourth-order valence-corrected chi connectivity index (χ4v) is 2.26. The molecule has 4 heteroatoms. The van der Waals surface area contributed by atoms with E-state index in [0.29, 0.717) is 11.8 Å². The molecule has 2 rings (SSSR count). The van der Waals surface area contributed by atoms with Gasteiger partial charge in [-0.1, -0.05) is 37.1 Å². The molecule has 0 saturated heterocycles. The van der Waals surface area contributed by atoms with Crippen molar-refractivity contribution in [2.45, 2.75) is 33.3 Å². The topological polar surface area (TPSA) is 27.1 Å². The second kappa shape index (κ2) is 6.11. The van der Waals surface area contributed by atoms with Crippen molar-refractivity contribution in [1.82, 2.24) is 9.78 Å². The van der Waals surface area contributed by atoms with Gasteiger partial charge in [0, 0.05) is 12.6 Å². The Bertz CT molecular complexity index is 546. The van der Waals surface area contributed by atoms with Gasteiger partial charge in [0.25, 0.3) is 0 Å². The Morgan fingerprint density at radius 3 is 2.47 bits per heavy atom. The summed E-state index contributed by atoms with van der Waals surface area (Å²) in [6.07, 6.45) is 2.26. The summed E-state index contributed by atoms with van der Waals surface area (Å²) >= 11 is 6.17. The predicted octanol–water partition coefficient (Wildman–Crippen LogP) is 3.91. The molecule has 0 aliphatic carbocycles. The van der Waals surface area contributed by atoms with Gasteiger partial charge < -0.3 is 4.74 Å². The summed E-state index contributed by atoms with van der Waals surface area (Å²) < 4.78 is 7.43. The van der Waals surface area contributed by atoms with E-state index in [0.717, 1.165) is 29.8 Å². The molecule has 3 nitrogen and oxygen atoms in total. The van der Waals surface area contributed by atoms with Crippen molar-refractivity contribution >= 4 is 11.6 Å². The summed E-state index contributed by atoms with van der Waals surface area (Å²) in [6.45, 7) is 4.57. The van der Waals surface area contributed by atoms with Crippen LogP contribution in [0, 0.1) is 6.92 Å². The largest absolute Gasteiger partial charge is 0.489 e. The summed E-state index contributed by atoms with van der Waals surface area (Å²) in [5.74, 6) is 0.860. The van der Waals surface area contributed by atoms with Crippen LogP contribution in [0.5, 0.6) is 5.75 Å². The summed E-state index contributed by atoms with van der Waals surface area (Å²) in [7, 11) is 1.83. The first-order valence-corrected chi connectivity index (χ1v) is 6.89. The molecule has 1 aromatic carbocycles. The van der Waals surface area contributed by atoms with Gasteiger partial charge in [-0.2, -0.15) is 5.10 Å². The highest BCUT2D eigenvalue weighted by atomic mass is 35.5. The number of nitrogens with zero attached hydrogens (tertiary/aromatic N) is 2. The van der Waals surface area contributed by atoms with Gasteiger partial charge in [0.2, 0.25) is 0 Å². The number of aromatic nitrogens is 2. The zero-order chi connectivity index (χ0) is 13.8. The SMILES string of the molecule is CCCc1ccc(OCc2c(C)nn(C)c2Cl)cc1. The lowest BCUT2D eigenvalue weighted by Crippen LogP contribution is -1.97. The van der Waals surface area contributed by atoms with Gasteiger partial charge >= 0.3 is 0 Å². The minimum atomic E-state index is 0.450. The van der Waals surface area contributed by atoms with Gasteiger partial charge in [-0.05, 0) is 31.0 Å². The molecule has 102 valence electrons. The molecule has 0 atom stereocenters. The maximum absolute atomic E-state index is 6.17. The predicted molar refractivity (Wildman–Crippen MR) is 77.7 cm³/mol. The van der Waals surface area contributed by atoms with E-state index in [9.17, 15) is 0 Å². The first-order valence-electron chi connectivity index (χ1n) is 6.51. The van der Waals surface area contributed by atoms with E-state index in [2.05, 4.69) is 24.2 Å². The van der Waals surface area contributed by atoms with Crippen LogP contribution in [-0.2, 0) is 20.1 Å². The Hall–Kier alpha value is -1.48. The maximum atomic E-state index is 6.17. The number of aryl methyl sites for hydroxylation is 3. The van der Waals surface area contributed by atoms with Crippen LogP contribution in [0.15, 0.2) is 24.3 Å². The molecule has 1 aromatic heterocycles. The van der Waals surface area contributed by atoms with Crippen LogP contribution < -0.4 is 4.74 Å². The van der Waals surface area contributed by atoms with Gasteiger partial charge in [-0.3, -0.25) is 4.68 Å². The number of ether oxygens (including phenoxy) is 1. The van der Waals surface area contributed by atoms with Crippen LogP contribution in [0.1, 0.15) is 30.2 Å². The summed E-state index contributed by atoms with van der Waals surface area (Å²) in [5.41, 5.74) is 3.20. The van der Waals surface area contributed by atoms with Crippen molar-refractivity contribution in [2.24, 2.45) is 7.05 Å². The highest BCUT2D eigenvalue weighted by Crippen LogP contribution is 2.21. The van der Waals surface area contributed by atoms with Crippen LogP contribution in [0.2, 0.25) is 5.15 Å². The third-order valence-electron chi connectivity index (χ3n) is 3.12. The fraction of sp³-hybridized carbons (Fsp3) is 0.400. The summed E-state index contributed by atoms with van der Waals surface area (Å²) in [5, 5.41) is 4.91. The Labute approximate surface area is 119 Å².